The fourth-order valence-electron chi connectivity index (χ4n) is 1.71. The average molecular weight is 209 g/mol. The van der Waals surface area contributed by atoms with Gasteiger partial charge in [-0.25, -0.2) is 8.78 Å². The predicted octanol–water partition coefficient (Wildman–Crippen LogP) is 0.317. The van der Waals surface area contributed by atoms with E-state index in [1.807, 2.05) is 0 Å². The van der Waals surface area contributed by atoms with E-state index in [1.54, 1.807) is 11.8 Å². The molecule has 1 saturated heterocycles. The molecule has 2 atom stereocenters. The molecule has 0 aromatic heterocycles. The maximum atomic E-state index is 13.2. The first-order chi connectivity index (χ1) is 6.51. The predicted molar refractivity (Wildman–Crippen MR) is 48.3 cm³/mol. The lowest BCUT2D eigenvalue weighted by molar-refractivity contribution is -0.127. The van der Waals surface area contributed by atoms with Crippen LogP contribution < -0.4 is 0 Å². The van der Waals surface area contributed by atoms with Crippen molar-refractivity contribution in [1.29, 1.82) is 0 Å². The summed E-state index contributed by atoms with van der Waals surface area (Å²) in [6, 6.07) is -0.111. The Morgan fingerprint density at radius 3 is 2.64 bits per heavy atom. The number of aliphatic hydroxyl groups is 2. The topological polar surface area (TPSA) is 43.7 Å². The van der Waals surface area contributed by atoms with Crippen LogP contribution >= 0.6 is 0 Å². The first-order valence-corrected chi connectivity index (χ1v) is 4.85. The lowest BCUT2D eigenvalue weighted by Crippen LogP contribution is -2.52. The smallest absolute Gasteiger partial charge is 0.255 e. The fraction of sp³-hybridized carbons (Fsp3) is 1.00. The summed E-state index contributed by atoms with van der Waals surface area (Å²) >= 11 is 0. The van der Waals surface area contributed by atoms with Gasteiger partial charge in [-0.1, -0.05) is 0 Å². The second kappa shape index (κ2) is 4.51. The van der Waals surface area contributed by atoms with Crippen molar-refractivity contribution in [2.45, 2.75) is 25.3 Å². The number of piperidine rings is 1. The quantitative estimate of drug-likeness (QED) is 0.703. The Labute approximate surface area is 82.3 Å². The van der Waals surface area contributed by atoms with Crippen LogP contribution in [0.5, 0.6) is 0 Å². The van der Waals surface area contributed by atoms with E-state index in [2.05, 4.69) is 0 Å². The first kappa shape index (κ1) is 11.8. The minimum atomic E-state index is -2.76. The van der Waals surface area contributed by atoms with Crippen LogP contribution in [0.25, 0.3) is 0 Å². The van der Waals surface area contributed by atoms with Gasteiger partial charge in [0.25, 0.3) is 5.92 Å². The molecule has 2 N–H and O–H groups in total. The van der Waals surface area contributed by atoms with Gasteiger partial charge in [-0.05, 0) is 6.92 Å². The van der Waals surface area contributed by atoms with E-state index < -0.39 is 18.4 Å². The van der Waals surface area contributed by atoms with Crippen molar-refractivity contribution in [3.63, 3.8) is 0 Å². The van der Waals surface area contributed by atoms with E-state index in [0.29, 0.717) is 0 Å². The monoisotopic (exact) mass is 209 g/mol. The van der Waals surface area contributed by atoms with Gasteiger partial charge in [0.2, 0.25) is 0 Å². The highest BCUT2D eigenvalue weighted by atomic mass is 19.3. The summed E-state index contributed by atoms with van der Waals surface area (Å²) < 4.78 is 26.3. The maximum absolute atomic E-state index is 13.2. The lowest BCUT2D eigenvalue weighted by atomic mass is 9.93. The van der Waals surface area contributed by atoms with Gasteiger partial charge in [0.05, 0.1) is 19.1 Å². The molecule has 1 rings (SSSR count). The standard InChI is InChI=1S/C9H17F2NO2/c1-7(5-13)12-3-2-9(10,11)8(4-12)6-14/h7-8,13-14H,2-6H2,1H3. The van der Waals surface area contributed by atoms with Crippen molar-refractivity contribution in [2.75, 3.05) is 26.3 Å². The Morgan fingerprint density at radius 2 is 2.14 bits per heavy atom. The van der Waals surface area contributed by atoms with Gasteiger partial charge in [-0.2, -0.15) is 0 Å². The van der Waals surface area contributed by atoms with E-state index in [9.17, 15) is 8.78 Å². The maximum Gasteiger partial charge on any atom is 0.255 e. The molecule has 1 fully saturated rings. The summed E-state index contributed by atoms with van der Waals surface area (Å²) in [5, 5.41) is 17.7. The van der Waals surface area contributed by atoms with Crippen molar-refractivity contribution in [1.82, 2.24) is 4.90 Å². The number of alkyl halides is 2. The Morgan fingerprint density at radius 1 is 1.50 bits per heavy atom. The molecule has 84 valence electrons. The third-order valence-electron chi connectivity index (χ3n) is 2.89. The molecule has 1 aliphatic rings. The largest absolute Gasteiger partial charge is 0.396 e. The van der Waals surface area contributed by atoms with Gasteiger partial charge in [0.15, 0.2) is 0 Å². The van der Waals surface area contributed by atoms with Crippen LogP contribution in [-0.2, 0) is 0 Å². The molecule has 0 aromatic rings. The van der Waals surface area contributed by atoms with Crippen LogP contribution in [0.4, 0.5) is 8.78 Å². The molecule has 1 aliphatic heterocycles. The zero-order valence-corrected chi connectivity index (χ0v) is 8.29. The SMILES string of the molecule is CC(CO)N1CCC(F)(F)C(CO)C1. The Hall–Kier alpha value is -0.260. The van der Waals surface area contributed by atoms with Crippen molar-refractivity contribution < 1.29 is 19.0 Å². The van der Waals surface area contributed by atoms with Gasteiger partial charge in [-0.15, -0.1) is 0 Å². The lowest BCUT2D eigenvalue weighted by Gasteiger charge is -2.39. The first-order valence-electron chi connectivity index (χ1n) is 4.85. The molecule has 5 heteroatoms. The van der Waals surface area contributed by atoms with Gasteiger partial charge in [0, 0.05) is 25.6 Å². The van der Waals surface area contributed by atoms with E-state index >= 15 is 0 Å². The minimum Gasteiger partial charge on any atom is -0.396 e. The second-order valence-electron chi connectivity index (χ2n) is 3.92. The van der Waals surface area contributed by atoms with Crippen LogP contribution in [0.15, 0.2) is 0 Å². The van der Waals surface area contributed by atoms with Crippen LogP contribution in [0.2, 0.25) is 0 Å². The molecule has 3 nitrogen and oxygen atoms in total. The van der Waals surface area contributed by atoms with Crippen LogP contribution in [0.1, 0.15) is 13.3 Å². The molecule has 0 amide bonds. The molecule has 1 heterocycles. The van der Waals surface area contributed by atoms with E-state index in [1.165, 1.54) is 0 Å². The van der Waals surface area contributed by atoms with Crippen molar-refractivity contribution in [3.8, 4) is 0 Å². The zero-order valence-electron chi connectivity index (χ0n) is 8.29. The minimum absolute atomic E-state index is 0.0380. The number of hydrogen-bond donors (Lipinski definition) is 2. The van der Waals surface area contributed by atoms with Crippen LogP contribution in [0, 0.1) is 5.92 Å². The zero-order chi connectivity index (χ0) is 10.8. The summed E-state index contributed by atoms with van der Waals surface area (Å²) in [4.78, 5) is 1.79. The summed E-state index contributed by atoms with van der Waals surface area (Å²) in [6.07, 6.45) is -0.234. The molecule has 0 bridgehead atoms. The number of nitrogens with zero attached hydrogens (tertiary/aromatic N) is 1. The third kappa shape index (κ3) is 2.40. The van der Waals surface area contributed by atoms with Gasteiger partial charge >= 0.3 is 0 Å². The highest BCUT2D eigenvalue weighted by molar-refractivity contribution is 4.87. The molecule has 0 spiro atoms. The average Bonchev–Trinajstić information content (AvgIpc) is 2.16. The number of rotatable bonds is 3. The molecule has 0 saturated carbocycles. The summed E-state index contributed by atoms with van der Waals surface area (Å²) in [6.45, 7) is 1.69. The van der Waals surface area contributed by atoms with Crippen molar-refractivity contribution in [3.05, 3.63) is 0 Å². The number of halogens is 2. The fourth-order valence-corrected chi connectivity index (χ4v) is 1.71. The highest BCUT2D eigenvalue weighted by Gasteiger charge is 2.44. The van der Waals surface area contributed by atoms with Crippen molar-refractivity contribution in [2.24, 2.45) is 5.92 Å². The summed E-state index contributed by atoms with van der Waals surface area (Å²) in [5.41, 5.74) is 0. The molecule has 0 radical (unpaired) electrons. The molecule has 0 aliphatic carbocycles. The Kier molecular flexibility index (Phi) is 3.80. The van der Waals surface area contributed by atoms with Gasteiger partial charge in [0.1, 0.15) is 0 Å². The number of hydrogen-bond acceptors (Lipinski definition) is 3. The molecular weight excluding hydrogens is 192 g/mol. The van der Waals surface area contributed by atoms with Crippen LogP contribution in [-0.4, -0.2) is 53.4 Å². The van der Waals surface area contributed by atoms with Crippen molar-refractivity contribution >= 4 is 0 Å². The molecule has 14 heavy (non-hydrogen) atoms. The summed E-state index contributed by atoms with van der Waals surface area (Å²) in [7, 11) is 0. The number of likely N-dealkylation sites (tertiary alicyclic amines) is 1. The van der Waals surface area contributed by atoms with Gasteiger partial charge < -0.3 is 10.2 Å². The second-order valence-corrected chi connectivity index (χ2v) is 3.92. The highest BCUT2D eigenvalue weighted by Crippen LogP contribution is 2.33. The third-order valence-corrected chi connectivity index (χ3v) is 2.89. The Balaban J connectivity index is 2.57. The van der Waals surface area contributed by atoms with E-state index in [0.717, 1.165) is 0 Å². The molecule has 2 unspecified atom stereocenters. The number of aliphatic hydroxyl groups excluding tert-OH is 2. The normalized spacial score (nSPS) is 30.2. The van der Waals surface area contributed by atoms with E-state index in [-0.39, 0.29) is 32.2 Å². The summed E-state index contributed by atoms with van der Waals surface area (Å²) in [5.74, 6) is -3.76. The molecule has 0 aromatic carbocycles. The van der Waals surface area contributed by atoms with Gasteiger partial charge in [-0.3, -0.25) is 4.90 Å². The van der Waals surface area contributed by atoms with E-state index in [4.69, 9.17) is 10.2 Å². The Bertz CT molecular complexity index is 190. The molecular formula is C9H17F2NO2. The van der Waals surface area contributed by atoms with Crippen LogP contribution in [0.3, 0.4) is 0 Å².